The Balaban J connectivity index is 3.40. The van der Waals surface area contributed by atoms with Gasteiger partial charge < -0.3 is 5.73 Å². The van der Waals surface area contributed by atoms with Gasteiger partial charge in [0, 0.05) is 4.47 Å². The van der Waals surface area contributed by atoms with Gasteiger partial charge >= 0.3 is 0 Å². The van der Waals surface area contributed by atoms with Crippen molar-refractivity contribution in [1.29, 1.82) is 5.26 Å². The lowest BCUT2D eigenvalue weighted by Crippen LogP contribution is -1.90. The van der Waals surface area contributed by atoms with Crippen LogP contribution in [-0.4, -0.2) is 0 Å². The molecule has 0 aliphatic carbocycles. The molecule has 4 heteroatoms. The summed E-state index contributed by atoms with van der Waals surface area (Å²) in [5, 5.41) is 8.84. The summed E-state index contributed by atoms with van der Waals surface area (Å²) >= 11 is 8.91. The average molecular weight is 231 g/mol. The van der Waals surface area contributed by atoms with Gasteiger partial charge in [-0.25, -0.2) is 0 Å². The largest absolute Gasteiger partial charge is 0.397 e. The Morgan fingerprint density at radius 1 is 1.55 bits per heavy atom. The lowest BCUT2D eigenvalue weighted by Gasteiger charge is -2.00. The summed E-state index contributed by atoms with van der Waals surface area (Å²) in [6, 6.07) is 5.24. The van der Waals surface area contributed by atoms with Crippen LogP contribution in [0.1, 0.15) is 5.56 Å². The summed E-state index contributed by atoms with van der Waals surface area (Å²) in [6.45, 7) is 0. The molecule has 0 saturated carbocycles. The molecule has 0 aliphatic rings. The van der Waals surface area contributed by atoms with Crippen molar-refractivity contribution in [3.63, 3.8) is 0 Å². The van der Waals surface area contributed by atoms with Crippen molar-refractivity contribution >= 4 is 33.2 Å². The molecular formula is C7H4BrClN2. The van der Waals surface area contributed by atoms with Crippen LogP contribution in [0, 0.1) is 11.3 Å². The quantitative estimate of drug-likeness (QED) is 0.698. The molecule has 1 rings (SSSR count). The first-order chi connectivity index (χ1) is 5.16. The average Bonchev–Trinajstić information content (AvgIpc) is 2.01. The number of rotatable bonds is 0. The molecular weight excluding hydrogens is 227 g/mol. The minimum absolute atomic E-state index is 0.307. The SMILES string of the molecule is N#Cc1ccc(Br)c(N)c1Cl. The van der Waals surface area contributed by atoms with Crippen LogP contribution >= 0.6 is 27.5 Å². The van der Waals surface area contributed by atoms with Crippen LogP contribution in [0.15, 0.2) is 16.6 Å². The smallest absolute Gasteiger partial charge is 0.101 e. The summed E-state index contributed by atoms with van der Waals surface area (Å²) in [5.74, 6) is 0. The van der Waals surface area contributed by atoms with E-state index in [1.165, 1.54) is 0 Å². The fourth-order valence-corrected chi connectivity index (χ4v) is 1.31. The molecule has 11 heavy (non-hydrogen) atoms. The predicted molar refractivity (Wildman–Crippen MR) is 48.3 cm³/mol. The molecule has 0 spiro atoms. The van der Waals surface area contributed by atoms with Crippen LogP contribution in [-0.2, 0) is 0 Å². The third kappa shape index (κ3) is 1.47. The predicted octanol–water partition coefficient (Wildman–Crippen LogP) is 2.56. The van der Waals surface area contributed by atoms with E-state index in [-0.39, 0.29) is 0 Å². The molecule has 0 amide bonds. The number of nitrogens with zero attached hydrogens (tertiary/aromatic N) is 1. The molecule has 1 aromatic carbocycles. The van der Waals surface area contributed by atoms with Gasteiger partial charge in [-0.1, -0.05) is 11.6 Å². The molecule has 0 heterocycles. The molecule has 0 fully saturated rings. The maximum absolute atomic E-state index is 8.53. The van der Waals surface area contributed by atoms with Crippen LogP contribution in [0.2, 0.25) is 5.02 Å². The second-order valence-corrected chi connectivity index (χ2v) is 3.17. The molecule has 1 aromatic rings. The standard InChI is InChI=1S/C7H4BrClN2/c8-5-2-1-4(3-10)6(9)7(5)11/h1-2H,11H2. The van der Waals surface area contributed by atoms with Crippen molar-refractivity contribution in [2.24, 2.45) is 0 Å². The number of nitriles is 1. The first-order valence-electron chi connectivity index (χ1n) is 2.80. The van der Waals surface area contributed by atoms with Gasteiger partial charge in [-0.3, -0.25) is 0 Å². The third-order valence-electron chi connectivity index (χ3n) is 1.25. The van der Waals surface area contributed by atoms with Crippen LogP contribution in [0.3, 0.4) is 0 Å². The number of benzene rings is 1. The third-order valence-corrected chi connectivity index (χ3v) is 2.35. The van der Waals surface area contributed by atoms with Gasteiger partial charge in [0.05, 0.1) is 16.3 Å². The molecule has 2 N–H and O–H groups in total. The van der Waals surface area contributed by atoms with E-state index in [1.807, 2.05) is 6.07 Å². The van der Waals surface area contributed by atoms with Gasteiger partial charge in [-0.2, -0.15) is 5.26 Å². The zero-order chi connectivity index (χ0) is 8.43. The maximum Gasteiger partial charge on any atom is 0.101 e. The minimum Gasteiger partial charge on any atom is -0.397 e. The van der Waals surface area contributed by atoms with Crippen molar-refractivity contribution < 1.29 is 0 Å². The van der Waals surface area contributed by atoms with Crippen molar-refractivity contribution in [2.45, 2.75) is 0 Å². The van der Waals surface area contributed by atoms with E-state index >= 15 is 0 Å². The minimum atomic E-state index is 0.307. The summed E-state index contributed by atoms with van der Waals surface area (Å²) < 4.78 is 0.710. The Morgan fingerprint density at radius 2 is 2.18 bits per heavy atom. The first-order valence-corrected chi connectivity index (χ1v) is 3.97. The highest BCUT2D eigenvalue weighted by Gasteiger charge is 2.05. The fourth-order valence-electron chi connectivity index (χ4n) is 0.656. The highest BCUT2D eigenvalue weighted by Crippen LogP contribution is 2.29. The molecule has 0 saturated heterocycles. The number of nitrogen functional groups attached to an aromatic ring is 1. The molecule has 0 unspecified atom stereocenters. The van der Waals surface area contributed by atoms with E-state index in [0.717, 1.165) is 0 Å². The fraction of sp³-hybridized carbons (Fsp3) is 0. The van der Waals surface area contributed by atoms with Gasteiger partial charge in [-0.15, -0.1) is 0 Å². The number of nitrogens with two attached hydrogens (primary N) is 1. The molecule has 0 radical (unpaired) electrons. The Hall–Kier alpha value is -0.720. The Labute approximate surface area is 77.7 Å². The van der Waals surface area contributed by atoms with Crippen molar-refractivity contribution in [1.82, 2.24) is 0 Å². The van der Waals surface area contributed by atoms with E-state index in [0.29, 0.717) is 20.7 Å². The Morgan fingerprint density at radius 3 is 2.73 bits per heavy atom. The number of hydrogen-bond acceptors (Lipinski definition) is 2. The van der Waals surface area contributed by atoms with E-state index in [1.54, 1.807) is 12.1 Å². The number of anilines is 1. The van der Waals surface area contributed by atoms with E-state index in [2.05, 4.69) is 15.9 Å². The van der Waals surface area contributed by atoms with Gasteiger partial charge in [0.15, 0.2) is 0 Å². The molecule has 0 bridgehead atoms. The number of hydrogen-bond donors (Lipinski definition) is 1. The van der Waals surface area contributed by atoms with Crippen LogP contribution in [0.25, 0.3) is 0 Å². The van der Waals surface area contributed by atoms with Gasteiger partial charge in [0.2, 0.25) is 0 Å². The normalized spacial score (nSPS) is 9.18. The van der Waals surface area contributed by atoms with Crippen LogP contribution in [0.5, 0.6) is 0 Å². The van der Waals surface area contributed by atoms with Gasteiger partial charge in [0.1, 0.15) is 6.07 Å². The first kappa shape index (κ1) is 8.38. The summed E-state index contributed by atoms with van der Waals surface area (Å²) in [5.41, 5.74) is 6.33. The van der Waals surface area contributed by atoms with Crippen molar-refractivity contribution in [2.75, 3.05) is 5.73 Å². The van der Waals surface area contributed by atoms with E-state index < -0.39 is 0 Å². The molecule has 0 atom stereocenters. The van der Waals surface area contributed by atoms with Crippen LogP contribution < -0.4 is 5.73 Å². The molecule has 0 aliphatic heterocycles. The maximum atomic E-state index is 8.53. The molecule has 0 aromatic heterocycles. The van der Waals surface area contributed by atoms with Crippen molar-refractivity contribution in [3.8, 4) is 6.07 Å². The van der Waals surface area contributed by atoms with E-state index in [4.69, 9.17) is 22.6 Å². The topological polar surface area (TPSA) is 49.8 Å². The lowest BCUT2D eigenvalue weighted by atomic mass is 10.2. The van der Waals surface area contributed by atoms with E-state index in [9.17, 15) is 0 Å². The summed E-state index contributed by atoms with van der Waals surface area (Å²) in [4.78, 5) is 0. The molecule has 56 valence electrons. The molecule has 2 nitrogen and oxygen atoms in total. The second kappa shape index (κ2) is 3.12. The summed E-state index contributed by atoms with van der Waals surface area (Å²) in [7, 11) is 0. The second-order valence-electron chi connectivity index (χ2n) is 1.93. The lowest BCUT2D eigenvalue weighted by molar-refractivity contribution is 1.48. The Kier molecular flexibility index (Phi) is 2.38. The zero-order valence-electron chi connectivity index (χ0n) is 5.44. The van der Waals surface area contributed by atoms with Gasteiger partial charge in [-0.05, 0) is 28.1 Å². The zero-order valence-corrected chi connectivity index (χ0v) is 7.78. The summed E-state index contributed by atoms with van der Waals surface area (Å²) in [6.07, 6.45) is 0. The van der Waals surface area contributed by atoms with Crippen LogP contribution in [0.4, 0.5) is 5.69 Å². The highest BCUT2D eigenvalue weighted by molar-refractivity contribution is 9.10. The number of halogens is 2. The highest BCUT2D eigenvalue weighted by atomic mass is 79.9. The monoisotopic (exact) mass is 230 g/mol. The Bertz CT molecular complexity index is 330. The van der Waals surface area contributed by atoms with Gasteiger partial charge in [0.25, 0.3) is 0 Å². The van der Waals surface area contributed by atoms with Crippen molar-refractivity contribution in [3.05, 3.63) is 27.2 Å².